The average Bonchev–Trinajstić information content (AvgIpc) is 2.28. The van der Waals surface area contributed by atoms with E-state index >= 15 is 0 Å². The van der Waals surface area contributed by atoms with Crippen LogP contribution < -0.4 is 5.32 Å². The molecule has 0 saturated heterocycles. The lowest BCUT2D eigenvalue weighted by atomic mass is 9.74. The molecule has 0 fully saturated rings. The van der Waals surface area contributed by atoms with E-state index in [1.165, 1.54) is 11.1 Å². The maximum absolute atomic E-state index is 12.2. The van der Waals surface area contributed by atoms with Crippen LogP contribution in [-0.4, -0.2) is 11.3 Å². The van der Waals surface area contributed by atoms with Crippen LogP contribution in [-0.2, 0) is 4.79 Å². The topological polar surface area (TPSA) is 29.1 Å². The predicted molar refractivity (Wildman–Crippen MR) is 69.9 cm³/mol. The highest BCUT2D eigenvalue weighted by molar-refractivity contribution is 6.09. The van der Waals surface area contributed by atoms with Crippen LogP contribution in [0.2, 0.25) is 0 Å². The predicted octanol–water partition coefficient (Wildman–Crippen LogP) is 3.40. The minimum Gasteiger partial charge on any atom is -0.375 e. The Hall–Kier alpha value is -1.57. The van der Waals surface area contributed by atoms with Crippen molar-refractivity contribution in [1.29, 1.82) is 0 Å². The summed E-state index contributed by atoms with van der Waals surface area (Å²) in [5.41, 5.74) is 4.41. The summed E-state index contributed by atoms with van der Waals surface area (Å²) in [6, 6.07) is 8.30. The molecule has 2 aliphatic rings. The van der Waals surface area contributed by atoms with Crippen molar-refractivity contribution in [2.24, 2.45) is 0 Å². The largest absolute Gasteiger partial charge is 0.375 e. The highest BCUT2D eigenvalue weighted by atomic mass is 16.1. The Morgan fingerprint density at radius 3 is 2.76 bits per heavy atom. The number of rotatable bonds is 0. The molecule has 1 N–H and O–H groups in total. The van der Waals surface area contributed by atoms with Crippen LogP contribution in [0.15, 0.2) is 29.8 Å². The molecule has 1 aliphatic heterocycles. The zero-order valence-corrected chi connectivity index (χ0v) is 10.3. The molecule has 0 amide bonds. The number of hydrogen-bond donors (Lipinski definition) is 1. The van der Waals surface area contributed by atoms with Gasteiger partial charge in [-0.3, -0.25) is 4.79 Å². The van der Waals surface area contributed by atoms with Gasteiger partial charge in [-0.1, -0.05) is 18.2 Å². The van der Waals surface area contributed by atoms with E-state index in [-0.39, 0.29) is 5.54 Å². The molecule has 1 aromatic rings. The van der Waals surface area contributed by atoms with Gasteiger partial charge in [0.1, 0.15) is 0 Å². The first-order chi connectivity index (χ1) is 8.09. The molecular formula is C15H17NO. The summed E-state index contributed by atoms with van der Waals surface area (Å²) in [4.78, 5) is 12.2. The third-order valence-electron chi connectivity index (χ3n) is 3.74. The van der Waals surface area contributed by atoms with Crippen LogP contribution >= 0.6 is 0 Å². The average molecular weight is 227 g/mol. The van der Waals surface area contributed by atoms with E-state index in [0.717, 1.165) is 24.1 Å². The van der Waals surface area contributed by atoms with Gasteiger partial charge in [0.2, 0.25) is 0 Å². The van der Waals surface area contributed by atoms with E-state index < -0.39 is 0 Å². The molecule has 17 heavy (non-hydrogen) atoms. The zero-order valence-electron chi connectivity index (χ0n) is 10.3. The van der Waals surface area contributed by atoms with Gasteiger partial charge >= 0.3 is 0 Å². The third-order valence-corrected chi connectivity index (χ3v) is 3.74. The first kappa shape index (κ1) is 10.6. The quantitative estimate of drug-likeness (QED) is 0.736. The number of nitrogens with one attached hydrogen (secondary N) is 1. The normalized spacial score (nSPS) is 21.6. The number of carbonyl (C=O) groups is 1. The molecule has 0 bridgehead atoms. The number of carbonyl (C=O) groups excluding carboxylic acids is 1. The summed E-state index contributed by atoms with van der Waals surface area (Å²) in [7, 11) is 0. The highest BCUT2D eigenvalue weighted by Gasteiger charge is 2.37. The van der Waals surface area contributed by atoms with E-state index in [4.69, 9.17) is 0 Å². The van der Waals surface area contributed by atoms with Gasteiger partial charge in [-0.15, -0.1) is 0 Å². The Balaban J connectivity index is 2.27. The number of benzene rings is 1. The van der Waals surface area contributed by atoms with Crippen molar-refractivity contribution in [2.75, 3.05) is 5.32 Å². The Morgan fingerprint density at radius 1 is 1.18 bits per heavy atom. The molecule has 1 aromatic carbocycles. The lowest BCUT2D eigenvalue weighted by molar-refractivity contribution is -0.116. The minimum absolute atomic E-state index is 0.235. The molecule has 0 saturated carbocycles. The SMILES string of the molecule is CC1(C)Nc2ccccc2C2=C1C(=O)CCC2. The molecule has 1 heterocycles. The number of Topliss-reactive ketones (excluding diaryl/α,β-unsaturated/α-hetero) is 1. The van der Waals surface area contributed by atoms with Crippen molar-refractivity contribution in [3.8, 4) is 0 Å². The minimum atomic E-state index is -0.235. The molecule has 0 unspecified atom stereocenters. The van der Waals surface area contributed by atoms with E-state index in [9.17, 15) is 4.79 Å². The van der Waals surface area contributed by atoms with Crippen LogP contribution in [0.25, 0.3) is 5.57 Å². The second kappa shape index (κ2) is 3.46. The zero-order chi connectivity index (χ0) is 12.0. The van der Waals surface area contributed by atoms with E-state index in [1.807, 2.05) is 12.1 Å². The fraction of sp³-hybridized carbons (Fsp3) is 0.400. The number of hydrogen-bond acceptors (Lipinski definition) is 2. The maximum atomic E-state index is 12.2. The van der Waals surface area contributed by atoms with Crippen molar-refractivity contribution < 1.29 is 4.79 Å². The standard InChI is InChI=1S/C15H17NO/c1-15(2)14-11(7-5-9-13(14)17)10-6-3-4-8-12(10)16-15/h3-4,6,8,16H,5,7,9H2,1-2H3. The van der Waals surface area contributed by atoms with Crippen LogP contribution in [0.4, 0.5) is 5.69 Å². The van der Waals surface area contributed by atoms with E-state index in [1.54, 1.807) is 0 Å². The fourth-order valence-electron chi connectivity index (χ4n) is 3.09. The summed E-state index contributed by atoms with van der Waals surface area (Å²) >= 11 is 0. The second-order valence-corrected chi connectivity index (χ2v) is 5.43. The second-order valence-electron chi connectivity index (χ2n) is 5.43. The van der Waals surface area contributed by atoms with Crippen molar-refractivity contribution in [3.63, 3.8) is 0 Å². The number of ketones is 1. The molecule has 3 rings (SSSR count). The fourth-order valence-corrected chi connectivity index (χ4v) is 3.09. The van der Waals surface area contributed by atoms with E-state index in [0.29, 0.717) is 12.2 Å². The summed E-state index contributed by atoms with van der Waals surface area (Å²) in [5, 5.41) is 3.49. The van der Waals surface area contributed by atoms with Crippen molar-refractivity contribution in [3.05, 3.63) is 35.4 Å². The number of para-hydroxylation sites is 1. The number of anilines is 1. The first-order valence-corrected chi connectivity index (χ1v) is 6.24. The summed E-state index contributed by atoms with van der Waals surface area (Å²) in [6.07, 6.45) is 2.72. The highest BCUT2D eigenvalue weighted by Crippen LogP contribution is 2.43. The van der Waals surface area contributed by atoms with Crippen LogP contribution in [0.3, 0.4) is 0 Å². The molecular weight excluding hydrogens is 210 g/mol. The van der Waals surface area contributed by atoms with Crippen LogP contribution in [0.1, 0.15) is 38.7 Å². The van der Waals surface area contributed by atoms with Crippen LogP contribution in [0, 0.1) is 0 Å². The van der Waals surface area contributed by atoms with Gasteiger partial charge in [-0.2, -0.15) is 0 Å². The van der Waals surface area contributed by atoms with Gasteiger partial charge in [-0.05, 0) is 38.3 Å². The monoisotopic (exact) mass is 227 g/mol. The number of allylic oxidation sites excluding steroid dienone is 1. The maximum Gasteiger partial charge on any atom is 0.161 e. The molecule has 0 atom stereocenters. The van der Waals surface area contributed by atoms with Crippen LogP contribution in [0.5, 0.6) is 0 Å². The summed E-state index contributed by atoms with van der Waals surface area (Å²) in [6.45, 7) is 4.20. The Kier molecular flexibility index (Phi) is 2.15. The Morgan fingerprint density at radius 2 is 1.94 bits per heavy atom. The van der Waals surface area contributed by atoms with Gasteiger partial charge < -0.3 is 5.32 Å². The van der Waals surface area contributed by atoms with Crippen molar-refractivity contribution in [1.82, 2.24) is 0 Å². The first-order valence-electron chi connectivity index (χ1n) is 6.24. The smallest absolute Gasteiger partial charge is 0.161 e. The molecule has 2 nitrogen and oxygen atoms in total. The van der Waals surface area contributed by atoms with Crippen molar-refractivity contribution in [2.45, 2.75) is 38.6 Å². The lowest BCUT2D eigenvalue weighted by Crippen LogP contribution is -2.41. The van der Waals surface area contributed by atoms with E-state index in [2.05, 4.69) is 31.3 Å². The summed E-state index contributed by atoms with van der Waals surface area (Å²) < 4.78 is 0. The van der Waals surface area contributed by atoms with Gasteiger partial charge in [0, 0.05) is 23.2 Å². The van der Waals surface area contributed by atoms with Gasteiger partial charge in [-0.25, -0.2) is 0 Å². The van der Waals surface area contributed by atoms with Gasteiger partial charge in [0.15, 0.2) is 5.78 Å². The molecule has 1 aliphatic carbocycles. The number of fused-ring (bicyclic) bond motifs is 2. The third kappa shape index (κ3) is 1.51. The summed E-state index contributed by atoms with van der Waals surface area (Å²) in [5.74, 6) is 0.318. The molecule has 0 aromatic heterocycles. The molecule has 2 heteroatoms. The molecule has 0 spiro atoms. The van der Waals surface area contributed by atoms with Crippen molar-refractivity contribution >= 4 is 17.0 Å². The Labute approximate surface area is 102 Å². The molecule has 88 valence electrons. The van der Waals surface area contributed by atoms with Gasteiger partial charge in [0.05, 0.1) is 5.54 Å². The Bertz CT molecular complexity index is 525. The molecule has 0 radical (unpaired) electrons. The van der Waals surface area contributed by atoms with Gasteiger partial charge in [0.25, 0.3) is 0 Å². The lowest BCUT2D eigenvalue weighted by Gasteiger charge is -2.39.